The van der Waals surface area contributed by atoms with Crippen LogP contribution < -0.4 is 4.65 Å². The van der Waals surface area contributed by atoms with Gasteiger partial charge in [0.25, 0.3) is 0 Å². The molecule has 0 heterocycles. The highest BCUT2D eigenvalue weighted by atomic mass is 16.6. The molecule has 2 N–H and O–H groups in total. The van der Waals surface area contributed by atoms with Gasteiger partial charge in [-0.25, -0.2) is 0 Å². The second-order valence-electron chi connectivity index (χ2n) is 5.67. The lowest BCUT2D eigenvalue weighted by Gasteiger charge is -2.06. The van der Waals surface area contributed by atoms with Crippen LogP contribution in [0.15, 0.2) is 24.3 Å². The third-order valence-corrected chi connectivity index (χ3v) is 3.73. The maximum atomic E-state index is 8.70. The first-order valence-electron chi connectivity index (χ1n) is 8.34. The van der Waals surface area contributed by atoms with Crippen molar-refractivity contribution in [3.05, 3.63) is 29.8 Å². The molecule has 0 spiro atoms. The summed E-state index contributed by atoms with van der Waals surface area (Å²) in [7, 11) is -1.74. The predicted octanol–water partition coefficient (Wildman–Crippen LogP) is 4.11. The van der Waals surface area contributed by atoms with Gasteiger partial charge >= 0.3 is 7.32 Å². The third-order valence-electron chi connectivity index (χ3n) is 3.73. The average molecular weight is 292 g/mol. The van der Waals surface area contributed by atoms with Crippen LogP contribution in [-0.2, 0) is 6.42 Å². The van der Waals surface area contributed by atoms with Gasteiger partial charge in [0.1, 0.15) is 5.75 Å². The Hall–Kier alpha value is -0.995. The summed E-state index contributed by atoms with van der Waals surface area (Å²) in [6, 6.07) is 7.54. The first-order valence-corrected chi connectivity index (χ1v) is 8.34. The minimum Gasteiger partial charge on any atom is -0.512 e. The first-order chi connectivity index (χ1) is 10.2. The van der Waals surface area contributed by atoms with E-state index >= 15 is 0 Å². The molecule has 1 rings (SSSR count). The smallest absolute Gasteiger partial charge is 0.512 e. The van der Waals surface area contributed by atoms with E-state index in [9.17, 15) is 0 Å². The number of benzene rings is 1. The Kier molecular flexibility index (Phi) is 10.0. The van der Waals surface area contributed by atoms with Crippen molar-refractivity contribution in [2.24, 2.45) is 0 Å². The Labute approximate surface area is 129 Å². The molecule has 0 fully saturated rings. The lowest BCUT2D eigenvalue weighted by atomic mass is 10.0. The van der Waals surface area contributed by atoms with Crippen molar-refractivity contribution in [1.29, 1.82) is 0 Å². The molecule has 0 atom stereocenters. The Morgan fingerprint density at radius 1 is 0.810 bits per heavy atom. The van der Waals surface area contributed by atoms with E-state index in [0.717, 1.165) is 6.42 Å². The van der Waals surface area contributed by atoms with E-state index in [4.69, 9.17) is 14.7 Å². The van der Waals surface area contributed by atoms with Crippen LogP contribution in [0.3, 0.4) is 0 Å². The molecular formula is C17H29BO3. The van der Waals surface area contributed by atoms with E-state index in [1.54, 1.807) is 12.1 Å². The van der Waals surface area contributed by atoms with Crippen LogP contribution in [0.1, 0.15) is 70.3 Å². The highest BCUT2D eigenvalue weighted by molar-refractivity contribution is 6.33. The van der Waals surface area contributed by atoms with E-state index in [1.807, 2.05) is 12.1 Å². The van der Waals surface area contributed by atoms with Crippen LogP contribution in [0.4, 0.5) is 0 Å². The van der Waals surface area contributed by atoms with E-state index in [-0.39, 0.29) is 0 Å². The summed E-state index contributed by atoms with van der Waals surface area (Å²) in [6.07, 6.45) is 13.2. The fourth-order valence-corrected chi connectivity index (χ4v) is 2.50. The van der Waals surface area contributed by atoms with Crippen molar-refractivity contribution in [1.82, 2.24) is 0 Å². The van der Waals surface area contributed by atoms with Crippen LogP contribution in [0.5, 0.6) is 5.75 Å². The molecule has 1 aromatic carbocycles. The van der Waals surface area contributed by atoms with E-state index in [0.29, 0.717) is 5.75 Å². The molecule has 0 aliphatic carbocycles. The molecule has 0 unspecified atom stereocenters. The normalized spacial score (nSPS) is 10.6. The van der Waals surface area contributed by atoms with Crippen molar-refractivity contribution < 1.29 is 14.7 Å². The minimum absolute atomic E-state index is 0.487. The summed E-state index contributed by atoms with van der Waals surface area (Å²) in [4.78, 5) is 0. The molecule has 0 saturated carbocycles. The zero-order chi connectivity index (χ0) is 15.3. The number of hydrogen-bond acceptors (Lipinski definition) is 3. The van der Waals surface area contributed by atoms with Crippen molar-refractivity contribution >= 4 is 7.32 Å². The van der Waals surface area contributed by atoms with Gasteiger partial charge in [-0.1, -0.05) is 70.4 Å². The van der Waals surface area contributed by atoms with Gasteiger partial charge in [-0.05, 0) is 30.5 Å². The molecule has 0 aliphatic rings. The van der Waals surface area contributed by atoms with E-state index < -0.39 is 7.32 Å². The van der Waals surface area contributed by atoms with Gasteiger partial charge in [-0.2, -0.15) is 0 Å². The maximum Gasteiger partial charge on any atom is 0.707 e. The van der Waals surface area contributed by atoms with Gasteiger partial charge in [0.05, 0.1) is 0 Å². The largest absolute Gasteiger partial charge is 0.707 e. The Bertz CT molecular complexity index is 352. The highest BCUT2D eigenvalue weighted by Gasteiger charge is 2.10. The molecule has 118 valence electrons. The topological polar surface area (TPSA) is 49.7 Å². The van der Waals surface area contributed by atoms with E-state index in [1.165, 1.54) is 63.4 Å². The zero-order valence-corrected chi connectivity index (χ0v) is 13.3. The molecule has 3 nitrogen and oxygen atoms in total. The molecule has 4 heteroatoms. The molecule has 0 aromatic heterocycles. The molecule has 0 saturated heterocycles. The Morgan fingerprint density at radius 3 is 1.86 bits per heavy atom. The monoisotopic (exact) mass is 292 g/mol. The summed E-state index contributed by atoms with van der Waals surface area (Å²) >= 11 is 0. The standard InChI is InChI=1S/C17H29BO3/c1-2-3-4-5-6-7-8-9-10-11-16-12-14-17(15-13-16)21-18(19)20/h12-15,19-20H,2-11H2,1H3. The predicted molar refractivity (Wildman–Crippen MR) is 88.2 cm³/mol. The Morgan fingerprint density at radius 2 is 1.33 bits per heavy atom. The summed E-state index contributed by atoms with van der Waals surface area (Å²) in [5, 5.41) is 17.4. The summed E-state index contributed by atoms with van der Waals surface area (Å²) in [6.45, 7) is 2.25. The van der Waals surface area contributed by atoms with Gasteiger partial charge in [0.15, 0.2) is 0 Å². The second kappa shape index (κ2) is 11.6. The molecule has 21 heavy (non-hydrogen) atoms. The average Bonchev–Trinajstić information content (AvgIpc) is 2.47. The Balaban J connectivity index is 2.02. The van der Waals surface area contributed by atoms with Crippen LogP contribution in [0.2, 0.25) is 0 Å². The molecular weight excluding hydrogens is 263 g/mol. The molecule has 0 bridgehead atoms. The quantitative estimate of drug-likeness (QED) is 0.450. The molecule has 1 aromatic rings. The lowest BCUT2D eigenvalue weighted by Crippen LogP contribution is -2.20. The minimum atomic E-state index is -1.74. The fraction of sp³-hybridized carbons (Fsp3) is 0.647. The fourth-order valence-electron chi connectivity index (χ4n) is 2.50. The first kappa shape index (κ1) is 18.1. The number of unbranched alkanes of at least 4 members (excludes halogenated alkanes) is 8. The van der Waals surface area contributed by atoms with Crippen molar-refractivity contribution in [3.63, 3.8) is 0 Å². The van der Waals surface area contributed by atoms with Gasteiger partial charge in [-0.3, -0.25) is 0 Å². The summed E-state index contributed by atoms with van der Waals surface area (Å²) in [5.41, 5.74) is 1.28. The summed E-state index contributed by atoms with van der Waals surface area (Å²) < 4.78 is 4.78. The van der Waals surface area contributed by atoms with E-state index in [2.05, 4.69) is 6.92 Å². The third kappa shape index (κ3) is 9.54. The van der Waals surface area contributed by atoms with Crippen molar-refractivity contribution in [2.75, 3.05) is 0 Å². The number of aryl methyl sites for hydroxylation is 1. The van der Waals surface area contributed by atoms with Crippen molar-refractivity contribution in [2.45, 2.75) is 71.1 Å². The number of hydrogen-bond donors (Lipinski definition) is 2. The van der Waals surface area contributed by atoms with Crippen LogP contribution >= 0.6 is 0 Å². The van der Waals surface area contributed by atoms with Crippen LogP contribution in [0.25, 0.3) is 0 Å². The SMILES string of the molecule is CCCCCCCCCCCc1ccc(OB(O)O)cc1. The maximum absolute atomic E-state index is 8.70. The van der Waals surface area contributed by atoms with Gasteiger partial charge < -0.3 is 14.7 Å². The molecule has 0 amide bonds. The van der Waals surface area contributed by atoms with Gasteiger partial charge in [0, 0.05) is 0 Å². The van der Waals surface area contributed by atoms with Crippen LogP contribution in [0, 0.1) is 0 Å². The second-order valence-corrected chi connectivity index (χ2v) is 5.67. The molecule has 0 aliphatic heterocycles. The van der Waals surface area contributed by atoms with Crippen molar-refractivity contribution in [3.8, 4) is 5.75 Å². The number of rotatable bonds is 12. The highest BCUT2D eigenvalue weighted by Crippen LogP contribution is 2.15. The zero-order valence-electron chi connectivity index (χ0n) is 13.3. The van der Waals surface area contributed by atoms with Crippen LogP contribution in [-0.4, -0.2) is 17.4 Å². The lowest BCUT2D eigenvalue weighted by molar-refractivity contribution is 0.288. The molecule has 0 radical (unpaired) electrons. The van der Waals surface area contributed by atoms with Gasteiger partial charge in [-0.15, -0.1) is 0 Å². The summed E-state index contributed by atoms with van der Waals surface area (Å²) in [5.74, 6) is 0.487. The van der Waals surface area contributed by atoms with Gasteiger partial charge in [0.2, 0.25) is 0 Å².